The van der Waals surface area contributed by atoms with Crippen molar-refractivity contribution < 1.29 is 22.7 Å². The summed E-state index contributed by atoms with van der Waals surface area (Å²) in [6.45, 7) is 5.86. The van der Waals surface area contributed by atoms with E-state index in [-0.39, 0.29) is 17.1 Å². The fourth-order valence-corrected chi connectivity index (χ4v) is 4.77. The summed E-state index contributed by atoms with van der Waals surface area (Å²) in [5, 5.41) is 2.74. The third-order valence-corrected chi connectivity index (χ3v) is 7.08. The minimum atomic E-state index is -3.69. The van der Waals surface area contributed by atoms with Crippen molar-refractivity contribution in [1.29, 1.82) is 0 Å². The van der Waals surface area contributed by atoms with Crippen LogP contribution < -0.4 is 5.32 Å². The number of nitrogens with zero attached hydrogens (tertiary/aromatic N) is 2. The van der Waals surface area contributed by atoms with E-state index >= 15 is 0 Å². The molecule has 1 aliphatic heterocycles. The van der Waals surface area contributed by atoms with E-state index in [1.165, 1.54) is 22.5 Å². The van der Waals surface area contributed by atoms with Gasteiger partial charge in [-0.25, -0.2) is 13.2 Å². The molecule has 0 radical (unpaired) electrons. The number of carbonyl (C=O) groups is 2. The van der Waals surface area contributed by atoms with Gasteiger partial charge in [0.1, 0.15) is 0 Å². The zero-order valence-electron chi connectivity index (χ0n) is 17.9. The maximum Gasteiger partial charge on any atom is 0.338 e. The van der Waals surface area contributed by atoms with Crippen LogP contribution in [0.4, 0.5) is 5.69 Å². The first-order valence-electron chi connectivity index (χ1n) is 10.1. The number of hydrogen-bond donors (Lipinski definition) is 1. The first-order chi connectivity index (χ1) is 14.7. The lowest BCUT2D eigenvalue weighted by Gasteiger charge is -2.31. The van der Waals surface area contributed by atoms with Crippen molar-refractivity contribution in [3.8, 4) is 0 Å². The van der Waals surface area contributed by atoms with Crippen LogP contribution in [0.3, 0.4) is 0 Å². The number of benzene rings is 2. The second-order valence-electron chi connectivity index (χ2n) is 7.44. The van der Waals surface area contributed by atoms with Crippen molar-refractivity contribution in [3.05, 3.63) is 59.2 Å². The Morgan fingerprint density at radius 1 is 1.06 bits per heavy atom. The number of nitrogens with one attached hydrogen (secondary N) is 1. The monoisotopic (exact) mass is 445 g/mol. The minimum absolute atomic E-state index is 0.0908. The van der Waals surface area contributed by atoms with Crippen molar-refractivity contribution in [1.82, 2.24) is 9.21 Å². The summed E-state index contributed by atoms with van der Waals surface area (Å²) in [7, 11) is -1.74. The molecule has 1 saturated heterocycles. The minimum Gasteiger partial charge on any atom is -0.462 e. The van der Waals surface area contributed by atoms with Crippen molar-refractivity contribution in [2.45, 2.75) is 18.7 Å². The van der Waals surface area contributed by atoms with Crippen molar-refractivity contribution in [3.63, 3.8) is 0 Å². The maximum absolute atomic E-state index is 13.0. The van der Waals surface area contributed by atoms with E-state index in [1.54, 1.807) is 38.1 Å². The molecular weight excluding hydrogens is 418 g/mol. The Kier molecular flexibility index (Phi) is 7.09. The molecule has 9 heteroatoms. The van der Waals surface area contributed by atoms with Crippen LogP contribution in [0.15, 0.2) is 47.4 Å². The molecule has 0 spiro atoms. The topological polar surface area (TPSA) is 96.0 Å². The Balaban J connectivity index is 1.83. The molecule has 1 aliphatic rings. The number of sulfonamides is 1. The number of esters is 1. The van der Waals surface area contributed by atoms with E-state index in [0.29, 0.717) is 43.0 Å². The van der Waals surface area contributed by atoms with Crippen molar-refractivity contribution in [2.75, 3.05) is 45.2 Å². The van der Waals surface area contributed by atoms with Gasteiger partial charge in [0.15, 0.2) is 0 Å². The zero-order chi connectivity index (χ0) is 22.6. The third-order valence-electron chi connectivity index (χ3n) is 5.19. The summed E-state index contributed by atoms with van der Waals surface area (Å²) in [5.74, 6) is -0.927. The van der Waals surface area contributed by atoms with E-state index < -0.39 is 21.9 Å². The molecule has 1 N–H and O–H groups in total. The molecule has 1 heterocycles. The van der Waals surface area contributed by atoms with Gasteiger partial charge >= 0.3 is 5.97 Å². The molecule has 8 nitrogen and oxygen atoms in total. The number of amides is 1. The molecule has 0 saturated carbocycles. The van der Waals surface area contributed by atoms with Crippen LogP contribution in [0.2, 0.25) is 0 Å². The number of likely N-dealkylation sites (N-methyl/N-ethyl adjacent to an activating group) is 1. The van der Waals surface area contributed by atoms with Crippen molar-refractivity contribution >= 4 is 27.6 Å². The molecule has 0 atom stereocenters. The van der Waals surface area contributed by atoms with Gasteiger partial charge in [-0.2, -0.15) is 4.31 Å². The number of ether oxygens (including phenoxy) is 1. The highest BCUT2D eigenvalue weighted by atomic mass is 32.2. The first kappa shape index (κ1) is 22.9. The average molecular weight is 446 g/mol. The largest absolute Gasteiger partial charge is 0.462 e. The first-order valence-corrected chi connectivity index (χ1v) is 11.5. The summed E-state index contributed by atoms with van der Waals surface area (Å²) in [6.07, 6.45) is 0. The molecule has 2 aromatic rings. The fourth-order valence-electron chi connectivity index (χ4n) is 3.32. The molecule has 3 rings (SSSR count). The second-order valence-corrected chi connectivity index (χ2v) is 9.38. The van der Waals surface area contributed by atoms with Gasteiger partial charge in [-0.15, -0.1) is 0 Å². The Hall–Kier alpha value is -2.75. The molecular formula is C22H27N3O5S. The lowest BCUT2D eigenvalue weighted by molar-refractivity contribution is 0.0526. The number of anilines is 1. The number of aryl methyl sites for hydroxylation is 1. The van der Waals surface area contributed by atoms with E-state index in [4.69, 9.17) is 4.74 Å². The lowest BCUT2D eigenvalue weighted by atomic mass is 10.1. The van der Waals surface area contributed by atoms with Gasteiger partial charge in [-0.1, -0.05) is 12.1 Å². The fraction of sp³-hybridized carbons (Fsp3) is 0.364. The van der Waals surface area contributed by atoms with Crippen LogP contribution >= 0.6 is 0 Å². The highest BCUT2D eigenvalue weighted by Crippen LogP contribution is 2.22. The second kappa shape index (κ2) is 9.59. The maximum atomic E-state index is 13.0. The Morgan fingerprint density at radius 2 is 1.77 bits per heavy atom. The van der Waals surface area contributed by atoms with Crippen LogP contribution in [0.25, 0.3) is 0 Å². The molecule has 0 unspecified atom stereocenters. The van der Waals surface area contributed by atoms with E-state index in [0.717, 1.165) is 0 Å². The Labute approximate surface area is 182 Å². The van der Waals surface area contributed by atoms with Gasteiger partial charge in [-0.05, 0) is 56.8 Å². The summed E-state index contributed by atoms with van der Waals surface area (Å²) in [6, 6.07) is 11.0. The Morgan fingerprint density at radius 3 is 2.45 bits per heavy atom. The highest BCUT2D eigenvalue weighted by molar-refractivity contribution is 7.89. The van der Waals surface area contributed by atoms with E-state index in [9.17, 15) is 18.0 Å². The number of hydrogen-bond acceptors (Lipinski definition) is 6. The number of carbonyl (C=O) groups excluding carboxylic acids is 2. The van der Waals surface area contributed by atoms with Crippen LogP contribution in [0.1, 0.15) is 33.2 Å². The summed E-state index contributed by atoms with van der Waals surface area (Å²) in [4.78, 5) is 27.0. The van der Waals surface area contributed by atoms with Crippen LogP contribution in [0.5, 0.6) is 0 Å². The summed E-state index contributed by atoms with van der Waals surface area (Å²) >= 11 is 0. The van der Waals surface area contributed by atoms with Crippen LogP contribution in [-0.4, -0.2) is 69.3 Å². The summed E-state index contributed by atoms with van der Waals surface area (Å²) < 4.78 is 32.5. The van der Waals surface area contributed by atoms with Crippen LogP contribution in [-0.2, 0) is 14.8 Å². The lowest BCUT2D eigenvalue weighted by Crippen LogP contribution is -2.47. The molecule has 31 heavy (non-hydrogen) atoms. The van der Waals surface area contributed by atoms with Gasteiger partial charge in [0.25, 0.3) is 5.91 Å². The predicted molar refractivity (Wildman–Crippen MR) is 118 cm³/mol. The van der Waals surface area contributed by atoms with Gasteiger partial charge in [0, 0.05) is 37.4 Å². The van der Waals surface area contributed by atoms with Gasteiger partial charge < -0.3 is 15.0 Å². The average Bonchev–Trinajstić information content (AvgIpc) is 2.74. The Bertz CT molecular complexity index is 1080. The zero-order valence-corrected chi connectivity index (χ0v) is 18.7. The number of piperazine rings is 1. The molecule has 1 amide bonds. The van der Waals surface area contributed by atoms with E-state index in [1.807, 2.05) is 7.05 Å². The predicted octanol–water partition coefficient (Wildman–Crippen LogP) is 2.36. The summed E-state index contributed by atoms with van der Waals surface area (Å²) in [5.41, 5.74) is 1.65. The SMILES string of the molecule is CCOC(=O)c1cccc(NC(=O)c2cc(S(=O)(=O)N3CCN(C)CC3)ccc2C)c1. The molecule has 2 aromatic carbocycles. The van der Waals surface area contributed by atoms with Crippen LogP contribution in [0, 0.1) is 6.92 Å². The molecule has 0 aliphatic carbocycles. The molecule has 0 aromatic heterocycles. The van der Waals surface area contributed by atoms with Crippen molar-refractivity contribution in [2.24, 2.45) is 0 Å². The molecule has 166 valence electrons. The quantitative estimate of drug-likeness (QED) is 0.686. The van der Waals surface area contributed by atoms with Gasteiger partial charge in [0.2, 0.25) is 10.0 Å². The normalized spacial score (nSPS) is 15.5. The third kappa shape index (κ3) is 5.30. The van der Waals surface area contributed by atoms with Gasteiger partial charge in [-0.3, -0.25) is 4.79 Å². The number of rotatable bonds is 6. The molecule has 1 fully saturated rings. The standard InChI is InChI=1S/C22H27N3O5S/c1-4-30-22(27)17-6-5-7-18(14-17)23-21(26)20-15-19(9-8-16(20)2)31(28,29)25-12-10-24(3)11-13-25/h5-9,14-15H,4,10-13H2,1-3H3,(H,23,26). The van der Waals surface area contributed by atoms with E-state index in [2.05, 4.69) is 10.2 Å². The van der Waals surface area contributed by atoms with Gasteiger partial charge in [0.05, 0.1) is 17.1 Å². The molecule has 0 bridgehead atoms. The highest BCUT2D eigenvalue weighted by Gasteiger charge is 2.28. The smallest absolute Gasteiger partial charge is 0.338 e.